The van der Waals surface area contributed by atoms with Gasteiger partial charge in [-0.15, -0.1) is 0 Å². The van der Waals surface area contributed by atoms with Crippen molar-refractivity contribution in [3.8, 4) is 0 Å². The van der Waals surface area contributed by atoms with E-state index in [1.165, 1.54) is 6.07 Å². The van der Waals surface area contributed by atoms with Gasteiger partial charge in [-0.25, -0.2) is 4.39 Å². The average molecular weight is 345 g/mol. The van der Waals surface area contributed by atoms with Gasteiger partial charge in [0.15, 0.2) is 0 Å². The van der Waals surface area contributed by atoms with E-state index in [0.29, 0.717) is 37.9 Å². The van der Waals surface area contributed by atoms with Crippen molar-refractivity contribution in [1.29, 1.82) is 0 Å². The van der Waals surface area contributed by atoms with E-state index in [4.69, 9.17) is 0 Å². The Morgan fingerprint density at radius 1 is 1.36 bits per heavy atom. The number of carbonyl (C=O) groups is 1. The van der Waals surface area contributed by atoms with Crippen molar-refractivity contribution in [2.45, 2.75) is 51.3 Å². The molecule has 134 valence electrons. The summed E-state index contributed by atoms with van der Waals surface area (Å²) in [4.78, 5) is 14.4. The molecule has 1 aromatic heterocycles. The molecule has 1 aromatic carbocycles. The van der Waals surface area contributed by atoms with Crippen molar-refractivity contribution >= 4 is 5.91 Å². The molecular formula is C19H24FN3O2. The molecule has 1 aliphatic rings. The fourth-order valence-corrected chi connectivity index (χ4v) is 3.46. The minimum Gasteiger partial charge on any atom is -0.391 e. The van der Waals surface area contributed by atoms with Crippen molar-refractivity contribution in [2.75, 3.05) is 6.54 Å². The summed E-state index contributed by atoms with van der Waals surface area (Å²) < 4.78 is 15.8. The van der Waals surface area contributed by atoms with Crippen LogP contribution in [0.3, 0.4) is 0 Å². The van der Waals surface area contributed by atoms with E-state index in [2.05, 4.69) is 5.10 Å². The zero-order valence-corrected chi connectivity index (χ0v) is 14.4. The van der Waals surface area contributed by atoms with Crippen LogP contribution in [0.4, 0.5) is 4.39 Å². The number of hydrogen-bond acceptors (Lipinski definition) is 3. The van der Waals surface area contributed by atoms with Crippen LogP contribution >= 0.6 is 0 Å². The summed E-state index contributed by atoms with van der Waals surface area (Å²) in [5, 5.41) is 14.6. The molecule has 2 aromatic rings. The monoisotopic (exact) mass is 345 g/mol. The maximum absolute atomic E-state index is 14.0. The molecule has 25 heavy (non-hydrogen) atoms. The number of halogens is 1. The molecule has 1 aliphatic heterocycles. The fourth-order valence-electron chi connectivity index (χ4n) is 3.46. The van der Waals surface area contributed by atoms with Crippen LogP contribution in [0.15, 0.2) is 36.5 Å². The van der Waals surface area contributed by atoms with Gasteiger partial charge in [0.25, 0.3) is 0 Å². The highest BCUT2D eigenvalue weighted by atomic mass is 19.1. The first-order valence-electron chi connectivity index (χ1n) is 8.75. The molecule has 0 bridgehead atoms. The number of nitrogens with zero attached hydrogens (tertiary/aromatic N) is 3. The van der Waals surface area contributed by atoms with Gasteiger partial charge in [-0.2, -0.15) is 5.10 Å². The molecule has 0 radical (unpaired) electrons. The number of aromatic nitrogens is 2. The van der Waals surface area contributed by atoms with Gasteiger partial charge in [-0.05, 0) is 43.9 Å². The van der Waals surface area contributed by atoms with Crippen LogP contribution in [-0.4, -0.2) is 44.4 Å². The second-order valence-corrected chi connectivity index (χ2v) is 6.61. The van der Waals surface area contributed by atoms with E-state index in [0.717, 1.165) is 12.1 Å². The van der Waals surface area contributed by atoms with Crippen LogP contribution in [0, 0.1) is 12.7 Å². The Morgan fingerprint density at radius 3 is 2.88 bits per heavy atom. The summed E-state index contributed by atoms with van der Waals surface area (Å²) in [7, 11) is 0. The third kappa shape index (κ3) is 4.07. The van der Waals surface area contributed by atoms with Gasteiger partial charge in [0, 0.05) is 31.4 Å². The summed E-state index contributed by atoms with van der Waals surface area (Å²) in [5.74, 6) is -0.310. The van der Waals surface area contributed by atoms with E-state index in [1.54, 1.807) is 34.0 Å². The standard InChI is InChI=1S/C19H24FN3O2/c1-14-8-10-21-23(14)12-9-19(25)22-11-4-7-18(24)17(22)13-15-5-2-3-6-16(15)20/h2-3,5-6,8,10,17-18,24H,4,7,9,11-13H2,1H3/t17-,18-/m0/s1. The minimum absolute atomic E-state index is 0.0185. The Labute approximate surface area is 147 Å². The summed E-state index contributed by atoms with van der Waals surface area (Å²) in [5.41, 5.74) is 1.54. The van der Waals surface area contributed by atoms with Crippen molar-refractivity contribution < 1.29 is 14.3 Å². The number of aryl methyl sites for hydroxylation is 2. The lowest BCUT2D eigenvalue weighted by molar-refractivity contribution is -0.139. The molecule has 1 amide bonds. The lowest BCUT2D eigenvalue weighted by Crippen LogP contribution is -2.52. The topological polar surface area (TPSA) is 58.4 Å². The van der Waals surface area contributed by atoms with Gasteiger partial charge in [0.05, 0.1) is 12.1 Å². The van der Waals surface area contributed by atoms with Crippen LogP contribution in [0.5, 0.6) is 0 Å². The molecule has 1 N–H and O–H groups in total. The molecule has 3 rings (SSSR count). The van der Waals surface area contributed by atoms with E-state index in [-0.39, 0.29) is 17.8 Å². The maximum Gasteiger partial charge on any atom is 0.224 e. The SMILES string of the molecule is Cc1ccnn1CCC(=O)N1CCC[C@H](O)[C@@H]1Cc1ccccc1F. The van der Waals surface area contributed by atoms with Gasteiger partial charge in [0.2, 0.25) is 5.91 Å². The molecule has 2 heterocycles. The molecular weight excluding hydrogens is 321 g/mol. The van der Waals surface area contributed by atoms with Crippen molar-refractivity contribution in [3.05, 3.63) is 53.6 Å². The van der Waals surface area contributed by atoms with E-state index < -0.39 is 6.10 Å². The summed E-state index contributed by atoms with van der Waals surface area (Å²) in [6, 6.07) is 8.07. The number of carbonyl (C=O) groups excluding carboxylic acids is 1. The number of hydrogen-bond donors (Lipinski definition) is 1. The number of likely N-dealkylation sites (tertiary alicyclic amines) is 1. The van der Waals surface area contributed by atoms with Crippen molar-refractivity contribution in [1.82, 2.24) is 14.7 Å². The number of piperidine rings is 1. The number of aliphatic hydroxyl groups excluding tert-OH is 1. The molecule has 6 heteroatoms. The Kier molecular flexibility index (Phi) is 5.48. The second-order valence-electron chi connectivity index (χ2n) is 6.61. The maximum atomic E-state index is 14.0. The van der Waals surface area contributed by atoms with Crippen LogP contribution in [0.1, 0.15) is 30.5 Å². The summed E-state index contributed by atoms with van der Waals surface area (Å²) in [6.07, 6.45) is 3.15. The molecule has 2 atom stereocenters. The number of amides is 1. The summed E-state index contributed by atoms with van der Waals surface area (Å²) >= 11 is 0. The Hall–Kier alpha value is -2.21. The van der Waals surface area contributed by atoms with Gasteiger partial charge in [-0.1, -0.05) is 18.2 Å². The zero-order chi connectivity index (χ0) is 17.8. The first kappa shape index (κ1) is 17.6. The van der Waals surface area contributed by atoms with Crippen LogP contribution in [0.2, 0.25) is 0 Å². The average Bonchev–Trinajstić information content (AvgIpc) is 3.01. The van der Waals surface area contributed by atoms with Gasteiger partial charge >= 0.3 is 0 Å². The third-order valence-corrected chi connectivity index (χ3v) is 4.92. The highest BCUT2D eigenvalue weighted by molar-refractivity contribution is 5.76. The molecule has 0 saturated carbocycles. The first-order valence-corrected chi connectivity index (χ1v) is 8.75. The van der Waals surface area contributed by atoms with Gasteiger partial charge in [0.1, 0.15) is 5.82 Å². The Morgan fingerprint density at radius 2 is 2.16 bits per heavy atom. The van der Waals surface area contributed by atoms with E-state index in [1.807, 2.05) is 13.0 Å². The van der Waals surface area contributed by atoms with Crippen LogP contribution in [-0.2, 0) is 17.8 Å². The predicted octanol–water partition coefficient (Wildman–Crippen LogP) is 2.32. The van der Waals surface area contributed by atoms with Crippen LogP contribution in [0.25, 0.3) is 0 Å². The third-order valence-electron chi connectivity index (χ3n) is 4.92. The smallest absolute Gasteiger partial charge is 0.224 e. The van der Waals surface area contributed by atoms with Crippen molar-refractivity contribution in [2.24, 2.45) is 0 Å². The Balaban J connectivity index is 1.69. The largest absolute Gasteiger partial charge is 0.391 e. The molecule has 0 unspecified atom stereocenters. The van der Waals surface area contributed by atoms with E-state index >= 15 is 0 Å². The Bertz CT molecular complexity index is 731. The summed E-state index contributed by atoms with van der Waals surface area (Å²) in [6.45, 7) is 3.06. The zero-order valence-electron chi connectivity index (χ0n) is 14.4. The minimum atomic E-state index is -0.622. The predicted molar refractivity (Wildman–Crippen MR) is 92.4 cm³/mol. The van der Waals surface area contributed by atoms with Gasteiger partial charge < -0.3 is 10.0 Å². The lowest BCUT2D eigenvalue weighted by Gasteiger charge is -2.39. The fraction of sp³-hybridized carbons (Fsp3) is 0.474. The number of aliphatic hydroxyl groups is 1. The van der Waals surface area contributed by atoms with E-state index in [9.17, 15) is 14.3 Å². The quantitative estimate of drug-likeness (QED) is 0.905. The lowest BCUT2D eigenvalue weighted by atomic mass is 9.92. The molecule has 5 nitrogen and oxygen atoms in total. The molecule has 1 saturated heterocycles. The van der Waals surface area contributed by atoms with Crippen molar-refractivity contribution in [3.63, 3.8) is 0 Å². The number of rotatable bonds is 5. The highest BCUT2D eigenvalue weighted by Gasteiger charge is 2.33. The molecule has 1 fully saturated rings. The number of benzene rings is 1. The second kappa shape index (κ2) is 7.78. The molecule has 0 aliphatic carbocycles. The van der Waals surface area contributed by atoms with Gasteiger partial charge in [-0.3, -0.25) is 9.48 Å². The van der Waals surface area contributed by atoms with Crippen LogP contribution < -0.4 is 0 Å². The highest BCUT2D eigenvalue weighted by Crippen LogP contribution is 2.23. The normalized spacial score (nSPS) is 20.7. The first-order chi connectivity index (χ1) is 12.1. The molecule has 0 spiro atoms.